The van der Waals surface area contributed by atoms with Crippen molar-refractivity contribution < 1.29 is 28.9 Å². The van der Waals surface area contributed by atoms with Crippen LogP contribution in [0.3, 0.4) is 0 Å². The summed E-state index contributed by atoms with van der Waals surface area (Å²) in [5.41, 5.74) is 5.58. The third kappa shape index (κ3) is 4.65. The molecule has 4 aliphatic rings. The van der Waals surface area contributed by atoms with E-state index in [0.29, 0.717) is 29.9 Å². The number of aliphatic hydroxyl groups is 2. The van der Waals surface area contributed by atoms with Crippen LogP contribution >= 0.6 is 0 Å². The molecule has 4 heterocycles. The number of rotatable bonds is 3. The fourth-order valence-electron chi connectivity index (χ4n) is 5.37. The highest BCUT2D eigenvalue weighted by Crippen LogP contribution is 2.54. The van der Waals surface area contributed by atoms with Gasteiger partial charge in [-0.05, 0) is 71.1 Å². The number of imidazole rings is 1. The van der Waals surface area contributed by atoms with E-state index in [1.807, 2.05) is 4.57 Å². The van der Waals surface area contributed by atoms with Gasteiger partial charge in [0.25, 0.3) is 5.91 Å². The number of amides is 2. The molecule has 1 saturated heterocycles. The molecule has 0 unspecified atom stereocenters. The molecule has 9 nitrogen and oxygen atoms in total. The molecule has 1 aromatic carbocycles. The zero-order valence-electron chi connectivity index (χ0n) is 22.2. The van der Waals surface area contributed by atoms with Crippen molar-refractivity contribution >= 4 is 12.0 Å². The Balaban J connectivity index is 1.53. The van der Waals surface area contributed by atoms with Crippen molar-refractivity contribution in [2.45, 2.75) is 76.7 Å². The molecule has 1 aliphatic carbocycles. The van der Waals surface area contributed by atoms with E-state index >= 15 is 0 Å². The van der Waals surface area contributed by atoms with Crippen LogP contribution < -0.4 is 5.73 Å². The van der Waals surface area contributed by atoms with Crippen LogP contribution in [0.1, 0.15) is 92.8 Å². The molecule has 2 amide bonds. The Labute approximate surface area is 220 Å². The maximum absolute atomic E-state index is 15.0. The average molecular weight is 525 g/mol. The first-order valence-electron chi connectivity index (χ1n) is 12.8. The number of ether oxygens (including phenoxy) is 1. The SMILES string of the molecule is CC(C)(O)C#Cc1cc2c(cc1F)C1CC(C1)n1c-2nc(C(N)=O)c1[C@H](O)C1CN(C(=O)OC(C)(C)C)C1. The van der Waals surface area contributed by atoms with E-state index in [0.717, 1.165) is 5.56 Å². The summed E-state index contributed by atoms with van der Waals surface area (Å²) in [6, 6.07) is 3.01. The number of hydrogen-bond acceptors (Lipinski definition) is 6. The molecule has 1 atom stereocenters. The van der Waals surface area contributed by atoms with Crippen LogP contribution in [-0.4, -0.2) is 61.0 Å². The number of aliphatic hydroxyl groups excluding tert-OH is 1. The van der Waals surface area contributed by atoms with Gasteiger partial charge in [-0.2, -0.15) is 0 Å². The number of benzene rings is 1. The molecule has 202 valence electrons. The number of carbonyl (C=O) groups excluding carboxylic acids is 2. The lowest BCUT2D eigenvalue weighted by Crippen LogP contribution is -2.53. The zero-order chi connectivity index (χ0) is 27.7. The first-order chi connectivity index (χ1) is 17.6. The molecule has 0 radical (unpaired) electrons. The predicted molar refractivity (Wildman–Crippen MR) is 137 cm³/mol. The van der Waals surface area contributed by atoms with E-state index in [4.69, 9.17) is 10.5 Å². The fourth-order valence-corrected chi connectivity index (χ4v) is 5.37. The Morgan fingerprint density at radius 2 is 1.87 bits per heavy atom. The average Bonchev–Trinajstić information content (AvgIpc) is 2.98. The minimum Gasteiger partial charge on any atom is -0.444 e. The molecule has 38 heavy (non-hydrogen) atoms. The Morgan fingerprint density at radius 1 is 1.21 bits per heavy atom. The first-order valence-corrected chi connectivity index (χ1v) is 12.8. The molecule has 4 N–H and O–H groups in total. The van der Waals surface area contributed by atoms with Gasteiger partial charge in [0.15, 0.2) is 5.69 Å². The van der Waals surface area contributed by atoms with Gasteiger partial charge >= 0.3 is 6.09 Å². The summed E-state index contributed by atoms with van der Waals surface area (Å²) in [6.45, 7) is 8.92. The lowest BCUT2D eigenvalue weighted by atomic mass is 9.75. The van der Waals surface area contributed by atoms with Gasteiger partial charge in [-0.25, -0.2) is 14.2 Å². The van der Waals surface area contributed by atoms with E-state index < -0.39 is 35.1 Å². The highest BCUT2D eigenvalue weighted by Gasteiger charge is 2.46. The van der Waals surface area contributed by atoms with E-state index in [-0.39, 0.29) is 42.2 Å². The largest absolute Gasteiger partial charge is 0.444 e. The van der Waals surface area contributed by atoms with Crippen molar-refractivity contribution in [2.24, 2.45) is 11.7 Å². The van der Waals surface area contributed by atoms with E-state index in [2.05, 4.69) is 16.8 Å². The van der Waals surface area contributed by atoms with Gasteiger partial charge < -0.3 is 30.2 Å². The van der Waals surface area contributed by atoms with Gasteiger partial charge in [0.2, 0.25) is 0 Å². The van der Waals surface area contributed by atoms with E-state index in [1.165, 1.54) is 24.8 Å². The molecule has 1 aromatic heterocycles. The Bertz CT molecular complexity index is 1380. The number of hydrogen-bond donors (Lipinski definition) is 3. The van der Waals surface area contributed by atoms with Crippen molar-refractivity contribution in [3.8, 4) is 23.2 Å². The lowest BCUT2D eigenvalue weighted by Gasteiger charge is -2.43. The molecular weight excluding hydrogens is 491 g/mol. The standard InChI is InChI=1S/C28H33FN4O5/c1-27(2,3)38-26(36)32-12-16(13-32)23(34)22-21(24(30)35)31-25-19-10-14(6-7-28(4,5)37)20(29)11-18(19)15-8-17(9-15)33(22)25/h10-11,15-17,23,34,37H,8-9,12-13H2,1-5H3,(H2,30,35)/t15?,17?,23-/m1/s1. The number of halogens is 1. The van der Waals surface area contributed by atoms with Gasteiger partial charge in [0.05, 0.1) is 11.3 Å². The third-order valence-corrected chi connectivity index (χ3v) is 7.27. The molecule has 10 heteroatoms. The number of nitrogens with two attached hydrogens (primary N) is 1. The number of primary amides is 1. The third-order valence-electron chi connectivity index (χ3n) is 7.27. The maximum atomic E-state index is 15.0. The molecule has 2 fully saturated rings. The summed E-state index contributed by atoms with van der Waals surface area (Å²) in [5, 5.41) is 21.4. The summed E-state index contributed by atoms with van der Waals surface area (Å²) in [4.78, 5) is 31.0. The van der Waals surface area contributed by atoms with Crippen LogP contribution in [0, 0.1) is 23.6 Å². The molecule has 2 aromatic rings. The Morgan fingerprint density at radius 3 is 2.45 bits per heavy atom. The van der Waals surface area contributed by atoms with Gasteiger partial charge in [-0.1, -0.05) is 11.8 Å². The number of likely N-dealkylation sites (tertiary alicyclic amines) is 1. The number of aromatic nitrogens is 2. The van der Waals surface area contributed by atoms with Gasteiger partial charge in [0.1, 0.15) is 28.9 Å². The Kier molecular flexibility index (Phi) is 6.08. The van der Waals surface area contributed by atoms with Gasteiger partial charge in [-0.15, -0.1) is 0 Å². The van der Waals surface area contributed by atoms with Crippen molar-refractivity contribution in [1.82, 2.24) is 14.5 Å². The summed E-state index contributed by atoms with van der Waals surface area (Å²) in [5.74, 6) is 4.30. The minimum absolute atomic E-state index is 0.0343. The lowest BCUT2D eigenvalue weighted by molar-refractivity contribution is -0.0340. The number of carbonyl (C=O) groups is 2. The van der Waals surface area contributed by atoms with Gasteiger partial charge in [0, 0.05) is 30.6 Å². The topological polar surface area (TPSA) is 131 Å². The second-order valence-electron chi connectivity index (χ2n) is 12.0. The second-order valence-corrected chi connectivity index (χ2v) is 12.0. The summed E-state index contributed by atoms with van der Waals surface area (Å²) in [7, 11) is 0. The molecule has 1 saturated carbocycles. The monoisotopic (exact) mass is 524 g/mol. The second kappa shape index (κ2) is 8.82. The van der Waals surface area contributed by atoms with Crippen LogP contribution in [0.15, 0.2) is 12.1 Å². The number of nitrogens with zero attached hydrogens (tertiary/aromatic N) is 3. The molecular formula is C28H33FN4O5. The van der Waals surface area contributed by atoms with Crippen molar-refractivity contribution in [2.75, 3.05) is 13.1 Å². The molecule has 2 bridgehead atoms. The highest BCUT2D eigenvalue weighted by molar-refractivity contribution is 5.93. The normalized spacial score (nSPS) is 21.1. The fraction of sp³-hybridized carbons (Fsp3) is 0.536. The van der Waals surface area contributed by atoms with E-state index in [1.54, 1.807) is 26.8 Å². The highest BCUT2D eigenvalue weighted by atomic mass is 19.1. The maximum Gasteiger partial charge on any atom is 0.410 e. The molecule has 6 rings (SSSR count). The summed E-state index contributed by atoms with van der Waals surface area (Å²) in [6.07, 6.45) is -0.137. The molecule has 3 aliphatic heterocycles. The quantitative estimate of drug-likeness (QED) is 0.529. The van der Waals surface area contributed by atoms with Crippen LogP contribution in [0.4, 0.5) is 9.18 Å². The van der Waals surface area contributed by atoms with Crippen LogP contribution in [0.2, 0.25) is 0 Å². The molecule has 0 spiro atoms. The van der Waals surface area contributed by atoms with Crippen LogP contribution in [0.25, 0.3) is 11.4 Å². The summed E-state index contributed by atoms with van der Waals surface area (Å²) >= 11 is 0. The van der Waals surface area contributed by atoms with Crippen molar-refractivity contribution in [1.29, 1.82) is 0 Å². The van der Waals surface area contributed by atoms with Crippen LogP contribution in [-0.2, 0) is 4.74 Å². The first kappa shape index (κ1) is 26.2. The van der Waals surface area contributed by atoms with Crippen LogP contribution in [0.5, 0.6) is 0 Å². The van der Waals surface area contributed by atoms with Gasteiger partial charge in [-0.3, -0.25) is 4.79 Å². The predicted octanol–water partition coefficient (Wildman–Crippen LogP) is 3.24. The summed E-state index contributed by atoms with van der Waals surface area (Å²) < 4.78 is 22.3. The van der Waals surface area contributed by atoms with Crippen molar-refractivity contribution in [3.63, 3.8) is 0 Å². The minimum atomic E-state index is -1.30. The van der Waals surface area contributed by atoms with Crippen molar-refractivity contribution in [3.05, 3.63) is 40.5 Å². The smallest absolute Gasteiger partial charge is 0.410 e. The zero-order valence-corrected chi connectivity index (χ0v) is 22.2. The van der Waals surface area contributed by atoms with E-state index in [9.17, 15) is 24.2 Å². The Hall–Kier alpha value is -3.42.